The third-order valence-electron chi connectivity index (χ3n) is 5.78. The summed E-state index contributed by atoms with van der Waals surface area (Å²) in [4.78, 5) is 29.6. The van der Waals surface area contributed by atoms with Gasteiger partial charge in [-0.25, -0.2) is 0 Å². The van der Waals surface area contributed by atoms with Gasteiger partial charge in [-0.3, -0.25) is 14.5 Å². The molecule has 2 amide bonds. The van der Waals surface area contributed by atoms with Gasteiger partial charge in [-0.1, -0.05) is 36.4 Å². The van der Waals surface area contributed by atoms with Crippen LogP contribution >= 0.6 is 0 Å². The van der Waals surface area contributed by atoms with Gasteiger partial charge in [0.2, 0.25) is 5.91 Å². The lowest BCUT2D eigenvalue weighted by Crippen LogP contribution is -2.46. The van der Waals surface area contributed by atoms with Crippen molar-refractivity contribution >= 4 is 33.6 Å². The summed E-state index contributed by atoms with van der Waals surface area (Å²) in [5.41, 5.74) is 1.42. The lowest BCUT2D eigenvalue weighted by molar-refractivity contribution is -0.123. The molecule has 0 saturated carbocycles. The molecular weight excluding hydrogens is 390 g/mol. The molecule has 1 N–H and O–H groups in total. The van der Waals surface area contributed by atoms with Crippen LogP contribution < -0.4 is 5.32 Å². The van der Waals surface area contributed by atoms with Crippen molar-refractivity contribution in [3.63, 3.8) is 0 Å². The van der Waals surface area contributed by atoms with Crippen LogP contribution in [0.4, 0.5) is 0 Å². The van der Waals surface area contributed by atoms with E-state index in [0.717, 1.165) is 40.3 Å². The van der Waals surface area contributed by atoms with Crippen LogP contribution in [0.1, 0.15) is 43.3 Å². The molecule has 0 aliphatic carbocycles. The van der Waals surface area contributed by atoms with E-state index in [1.54, 1.807) is 0 Å². The number of amides is 2. The molecule has 31 heavy (non-hydrogen) atoms. The number of benzene rings is 2. The minimum Gasteiger partial charge on any atom is -0.450 e. The second-order valence-electron chi connectivity index (χ2n) is 9.44. The highest BCUT2D eigenvalue weighted by atomic mass is 16.3. The fourth-order valence-electron chi connectivity index (χ4n) is 4.29. The highest BCUT2D eigenvalue weighted by Crippen LogP contribution is 2.32. The van der Waals surface area contributed by atoms with Crippen molar-refractivity contribution in [3.8, 4) is 0 Å². The molecule has 1 aromatic heterocycles. The molecule has 3 aromatic rings. The molecule has 164 valence electrons. The number of fused-ring (bicyclic) bond motifs is 3. The number of hydrogen-bond acceptors (Lipinski definition) is 4. The van der Waals surface area contributed by atoms with Gasteiger partial charge in [0.05, 0.1) is 6.54 Å². The van der Waals surface area contributed by atoms with Gasteiger partial charge >= 0.3 is 0 Å². The zero-order valence-corrected chi connectivity index (χ0v) is 18.8. The maximum Gasteiger partial charge on any atom is 0.289 e. The van der Waals surface area contributed by atoms with Crippen LogP contribution in [0.15, 0.2) is 40.8 Å². The number of furan rings is 1. The third-order valence-corrected chi connectivity index (χ3v) is 5.78. The summed E-state index contributed by atoms with van der Waals surface area (Å²) in [6.45, 7) is 11.0. The van der Waals surface area contributed by atoms with Crippen molar-refractivity contribution in [1.29, 1.82) is 0 Å². The molecule has 1 saturated heterocycles. The third kappa shape index (κ3) is 4.59. The van der Waals surface area contributed by atoms with Crippen molar-refractivity contribution in [1.82, 2.24) is 15.1 Å². The number of nitrogens with one attached hydrogen (secondary N) is 1. The quantitative estimate of drug-likeness (QED) is 0.695. The van der Waals surface area contributed by atoms with Gasteiger partial charge in [0, 0.05) is 48.1 Å². The first-order valence-electron chi connectivity index (χ1n) is 11.0. The van der Waals surface area contributed by atoms with Gasteiger partial charge in [-0.15, -0.1) is 0 Å². The minimum absolute atomic E-state index is 0.0206. The van der Waals surface area contributed by atoms with Gasteiger partial charge < -0.3 is 14.6 Å². The van der Waals surface area contributed by atoms with Gasteiger partial charge in [0.1, 0.15) is 5.58 Å². The van der Waals surface area contributed by atoms with Crippen molar-refractivity contribution in [3.05, 3.63) is 47.7 Å². The van der Waals surface area contributed by atoms with Crippen LogP contribution in [0.25, 0.3) is 21.7 Å². The van der Waals surface area contributed by atoms with Crippen LogP contribution in [-0.2, 0) is 4.79 Å². The van der Waals surface area contributed by atoms with E-state index in [1.807, 2.05) is 62.9 Å². The van der Waals surface area contributed by atoms with E-state index in [4.69, 9.17) is 4.42 Å². The molecular formula is C25H31N3O3. The van der Waals surface area contributed by atoms with Gasteiger partial charge in [-0.05, 0) is 39.5 Å². The second kappa shape index (κ2) is 8.35. The Morgan fingerprint density at radius 1 is 1.00 bits per heavy atom. The average Bonchev–Trinajstić information content (AvgIpc) is 2.88. The molecule has 0 unspecified atom stereocenters. The van der Waals surface area contributed by atoms with Crippen LogP contribution in [0.2, 0.25) is 0 Å². The molecule has 0 spiro atoms. The molecule has 0 bridgehead atoms. The lowest BCUT2D eigenvalue weighted by atomic mass is 10.1. The number of rotatable bonds is 3. The summed E-state index contributed by atoms with van der Waals surface area (Å²) >= 11 is 0. The summed E-state index contributed by atoms with van der Waals surface area (Å²) < 4.78 is 6.15. The molecule has 4 rings (SSSR count). The van der Waals surface area contributed by atoms with E-state index in [0.29, 0.717) is 31.9 Å². The molecule has 1 aliphatic rings. The van der Waals surface area contributed by atoms with Gasteiger partial charge in [-0.2, -0.15) is 0 Å². The topological polar surface area (TPSA) is 65.8 Å². The monoisotopic (exact) mass is 421 g/mol. The van der Waals surface area contributed by atoms with E-state index in [9.17, 15) is 9.59 Å². The van der Waals surface area contributed by atoms with Crippen molar-refractivity contribution < 1.29 is 14.0 Å². The maximum atomic E-state index is 13.3. The van der Waals surface area contributed by atoms with Crippen LogP contribution in [0, 0.1) is 6.92 Å². The second-order valence-corrected chi connectivity index (χ2v) is 9.44. The van der Waals surface area contributed by atoms with Crippen molar-refractivity contribution in [2.24, 2.45) is 0 Å². The predicted octanol–water partition coefficient (Wildman–Crippen LogP) is 3.96. The molecule has 6 nitrogen and oxygen atoms in total. The highest BCUT2D eigenvalue weighted by Gasteiger charge is 2.27. The molecule has 1 fully saturated rings. The Morgan fingerprint density at radius 2 is 1.77 bits per heavy atom. The molecule has 1 aliphatic heterocycles. The lowest BCUT2D eigenvalue weighted by Gasteiger charge is -2.25. The normalized spacial score (nSPS) is 15.9. The fourth-order valence-corrected chi connectivity index (χ4v) is 4.29. The highest BCUT2D eigenvalue weighted by molar-refractivity contribution is 6.08. The molecule has 0 atom stereocenters. The van der Waals surface area contributed by atoms with Crippen LogP contribution in [0.5, 0.6) is 0 Å². The average molecular weight is 422 g/mol. The van der Waals surface area contributed by atoms with E-state index < -0.39 is 0 Å². The Labute approximate surface area is 183 Å². The number of nitrogens with zero attached hydrogens (tertiary/aromatic N) is 2. The Hall–Kier alpha value is -2.86. The molecule has 2 aromatic carbocycles. The number of carbonyl (C=O) groups excluding carboxylic acids is 2. The smallest absolute Gasteiger partial charge is 0.289 e. The summed E-state index contributed by atoms with van der Waals surface area (Å²) in [6, 6.07) is 12.2. The van der Waals surface area contributed by atoms with E-state index in [-0.39, 0.29) is 17.4 Å². The van der Waals surface area contributed by atoms with Crippen LogP contribution in [0.3, 0.4) is 0 Å². The van der Waals surface area contributed by atoms with Gasteiger partial charge in [0.15, 0.2) is 5.76 Å². The Balaban J connectivity index is 1.50. The summed E-state index contributed by atoms with van der Waals surface area (Å²) in [7, 11) is 0. The first kappa shape index (κ1) is 21.4. The van der Waals surface area contributed by atoms with Crippen LogP contribution in [-0.4, -0.2) is 59.9 Å². The largest absolute Gasteiger partial charge is 0.450 e. The first-order chi connectivity index (χ1) is 14.7. The molecule has 2 heterocycles. The van der Waals surface area contributed by atoms with E-state index in [1.165, 1.54) is 0 Å². The number of hydrogen-bond donors (Lipinski definition) is 1. The Bertz CT molecular complexity index is 1130. The maximum absolute atomic E-state index is 13.3. The Kier molecular flexibility index (Phi) is 5.75. The standard InChI is InChI=1S/C25H31N3O3/c1-17-19-11-10-18-8-5-6-9-20(18)23(19)31-22(17)24(30)28-13-7-12-27(14-15-28)16-21(29)26-25(2,3)4/h5-6,8-11H,7,12-16H2,1-4H3,(H,26,29). The summed E-state index contributed by atoms with van der Waals surface area (Å²) in [5.74, 6) is 0.372. The van der Waals surface area contributed by atoms with E-state index in [2.05, 4.69) is 16.3 Å². The SMILES string of the molecule is Cc1c(C(=O)N2CCCN(CC(=O)NC(C)(C)C)CC2)oc2c1ccc1ccccc12. The number of aryl methyl sites for hydroxylation is 1. The molecule has 0 radical (unpaired) electrons. The zero-order chi connectivity index (χ0) is 22.2. The zero-order valence-electron chi connectivity index (χ0n) is 18.8. The fraction of sp³-hybridized carbons (Fsp3) is 0.440. The van der Waals surface area contributed by atoms with E-state index >= 15 is 0 Å². The van der Waals surface area contributed by atoms with Crippen molar-refractivity contribution in [2.45, 2.75) is 39.7 Å². The Morgan fingerprint density at radius 3 is 2.55 bits per heavy atom. The number of carbonyl (C=O) groups is 2. The molecule has 6 heteroatoms. The summed E-state index contributed by atoms with van der Waals surface area (Å²) in [6.07, 6.45) is 0.830. The predicted molar refractivity (Wildman–Crippen MR) is 123 cm³/mol. The minimum atomic E-state index is -0.242. The first-order valence-corrected chi connectivity index (χ1v) is 11.0. The summed E-state index contributed by atoms with van der Waals surface area (Å²) in [5, 5.41) is 6.11. The van der Waals surface area contributed by atoms with Gasteiger partial charge in [0.25, 0.3) is 5.91 Å². The van der Waals surface area contributed by atoms with Crippen molar-refractivity contribution in [2.75, 3.05) is 32.7 Å².